The van der Waals surface area contributed by atoms with Crippen LogP contribution in [0.15, 0.2) is 6.20 Å². The highest BCUT2D eigenvalue weighted by Gasteiger charge is 2.30. The van der Waals surface area contributed by atoms with Gasteiger partial charge < -0.3 is 9.64 Å². The van der Waals surface area contributed by atoms with Crippen LogP contribution in [0.1, 0.15) is 19.8 Å². The predicted molar refractivity (Wildman–Crippen MR) is 71.4 cm³/mol. The Morgan fingerprint density at radius 1 is 1.55 bits per heavy atom. The van der Waals surface area contributed by atoms with E-state index in [0.717, 1.165) is 0 Å². The van der Waals surface area contributed by atoms with Crippen molar-refractivity contribution in [3.8, 4) is 0 Å². The number of nitro groups is 1. The third-order valence-corrected chi connectivity index (χ3v) is 3.40. The molecule has 20 heavy (non-hydrogen) atoms. The Labute approximate surface area is 116 Å². The highest BCUT2D eigenvalue weighted by molar-refractivity contribution is 5.73. The zero-order chi connectivity index (χ0) is 14.7. The van der Waals surface area contributed by atoms with Gasteiger partial charge in [0, 0.05) is 20.1 Å². The number of carbonyl (C=O) groups excluding carboxylic acids is 1. The Balaban J connectivity index is 2.04. The van der Waals surface area contributed by atoms with Crippen molar-refractivity contribution in [2.24, 2.45) is 13.0 Å². The smallest absolute Gasteiger partial charge is 0.330 e. The zero-order valence-electron chi connectivity index (χ0n) is 11.6. The minimum atomic E-state index is -0.431. The first-order valence-corrected chi connectivity index (χ1v) is 6.62. The lowest BCUT2D eigenvalue weighted by atomic mass is 9.97. The number of esters is 1. The molecule has 8 nitrogen and oxygen atoms in total. The fourth-order valence-electron chi connectivity index (χ4n) is 2.41. The van der Waals surface area contributed by atoms with Gasteiger partial charge in [-0.05, 0) is 19.8 Å². The van der Waals surface area contributed by atoms with Crippen LogP contribution >= 0.6 is 0 Å². The largest absolute Gasteiger partial charge is 0.466 e. The molecule has 1 aromatic heterocycles. The first kappa shape index (κ1) is 14.3. The van der Waals surface area contributed by atoms with E-state index in [1.54, 1.807) is 14.0 Å². The van der Waals surface area contributed by atoms with E-state index in [-0.39, 0.29) is 17.6 Å². The van der Waals surface area contributed by atoms with Crippen LogP contribution in [0.2, 0.25) is 0 Å². The Hall–Kier alpha value is -2.12. The number of anilines is 1. The van der Waals surface area contributed by atoms with Crippen LogP contribution in [0.4, 0.5) is 11.5 Å². The van der Waals surface area contributed by atoms with Crippen molar-refractivity contribution >= 4 is 17.5 Å². The van der Waals surface area contributed by atoms with Gasteiger partial charge in [0.1, 0.15) is 6.20 Å². The Kier molecular flexibility index (Phi) is 4.21. The number of rotatable bonds is 4. The van der Waals surface area contributed by atoms with Gasteiger partial charge in [-0.15, -0.1) is 5.10 Å². The predicted octanol–water partition coefficient (Wildman–Crippen LogP) is 1.11. The van der Waals surface area contributed by atoms with Crippen LogP contribution in [0.5, 0.6) is 0 Å². The lowest BCUT2D eigenvalue weighted by Crippen LogP contribution is -2.37. The molecule has 2 rings (SSSR count). The summed E-state index contributed by atoms with van der Waals surface area (Å²) in [7, 11) is 1.65. The van der Waals surface area contributed by atoms with Crippen LogP contribution in [-0.2, 0) is 16.6 Å². The van der Waals surface area contributed by atoms with Gasteiger partial charge in [-0.2, -0.15) is 0 Å². The van der Waals surface area contributed by atoms with E-state index in [2.05, 4.69) is 5.10 Å². The van der Waals surface area contributed by atoms with Gasteiger partial charge in [0.05, 0.1) is 17.4 Å². The van der Waals surface area contributed by atoms with E-state index in [1.165, 1.54) is 10.9 Å². The normalized spacial score (nSPS) is 16.2. The molecular formula is C12H18N4O4. The van der Waals surface area contributed by atoms with Crippen LogP contribution in [0.3, 0.4) is 0 Å². The van der Waals surface area contributed by atoms with Crippen molar-refractivity contribution in [2.45, 2.75) is 19.8 Å². The molecule has 1 saturated heterocycles. The molecule has 0 atom stereocenters. The number of aromatic nitrogens is 2. The summed E-state index contributed by atoms with van der Waals surface area (Å²) in [6.45, 7) is 3.30. The first-order chi connectivity index (χ1) is 9.52. The minimum Gasteiger partial charge on any atom is -0.466 e. The van der Waals surface area contributed by atoms with Crippen molar-refractivity contribution in [1.82, 2.24) is 9.78 Å². The maximum absolute atomic E-state index is 11.7. The lowest BCUT2D eigenvalue weighted by molar-refractivity contribution is -0.384. The fraction of sp³-hybridized carbons (Fsp3) is 0.667. The number of aryl methyl sites for hydroxylation is 1. The summed E-state index contributed by atoms with van der Waals surface area (Å²) >= 11 is 0. The first-order valence-electron chi connectivity index (χ1n) is 6.62. The molecule has 110 valence electrons. The highest BCUT2D eigenvalue weighted by Crippen LogP contribution is 2.30. The summed E-state index contributed by atoms with van der Waals surface area (Å²) in [5.74, 6) is 0.0800. The minimum absolute atomic E-state index is 0.00193. The summed E-state index contributed by atoms with van der Waals surface area (Å²) in [4.78, 5) is 24.1. The summed E-state index contributed by atoms with van der Waals surface area (Å²) in [6.07, 6.45) is 2.66. The number of nitrogens with zero attached hydrogens (tertiary/aromatic N) is 4. The van der Waals surface area contributed by atoms with E-state index < -0.39 is 4.92 Å². The number of piperidine rings is 1. The van der Waals surface area contributed by atoms with Gasteiger partial charge in [0.2, 0.25) is 5.82 Å². The topological polar surface area (TPSA) is 90.5 Å². The van der Waals surface area contributed by atoms with Crippen LogP contribution in [-0.4, -0.2) is 40.4 Å². The molecule has 0 aliphatic carbocycles. The molecule has 0 saturated carbocycles. The summed E-state index contributed by atoms with van der Waals surface area (Å²) in [5.41, 5.74) is 0.00193. The maximum atomic E-state index is 11.7. The Morgan fingerprint density at radius 2 is 2.20 bits per heavy atom. The van der Waals surface area contributed by atoms with Gasteiger partial charge in [-0.25, -0.2) is 0 Å². The highest BCUT2D eigenvalue weighted by atomic mass is 16.6. The molecule has 0 bridgehead atoms. The lowest BCUT2D eigenvalue weighted by Gasteiger charge is -2.30. The summed E-state index contributed by atoms with van der Waals surface area (Å²) in [5, 5.41) is 15.1. The van der Waals surface area contributed by atoms with Crippen molar-refractivity contribution in [3.63, 3.8) is 0 Å². The fourth-order valence-corrected chi connectivity index (χ4v) is 2.41. The standard InChI is InChI=1S/C12H18N4O4/c1-3-20-12(17)9-4-6-15(7-5-9)11-10(16(18)19)8-14(2)13-11/h8-9H,3-7H2,1-2H3. The molecular weight excluding hydrogens is 264 g/mol. The van der Waals surface area contributed by atoms with Crippen molar-refractivity contribution in [3.05, 3.63) is 16.3 Å². The monoisotopic (exact) mass is 282 g/mol. The number of hydrogen-bond donors (Lipinski definition) is 0. The summed E-state index contributed by atoms with van der Waals surface area (Å²) < 4.78 is 6.44. The third kappa shape index (κ3) is 2.89. The molecule has 1 aliphatic heterocycles. The second-order valence-electron chi connectivity index (χ2n) is 4.78. The molecule has 8 heteroatoms. The van der Waals surface area contributed by atoms with Gasteiger partial charge in [-0.1, -0.05) is 0 Å². The Bertz CT molecular complexity index is 506. The number of hydrogen-bond acceptors (Lipinski definition) is 6. The Morgan fingerprint density at radius 3 is 2.75 bits per heavy atom. The van der Waals surface area contributed by atoms with Gasteiger partial charge in [-0.3, -0.25) is 19.6 Å². The van der Waals surface area contributed by atoms with E-state index in [1.807, 2.05) is 4.90 Å². The summed E-state index contributed by atoms with van der Waals surface area (Å²) in [6, 6.07) is 0. The second kappa shape index (κ2) is 5.89. The molecule has 0 aromatic carbocycles. The molecule has 1 aliphatic rings. The van der Waals surface area contributed by atoms with Gasteiger partial charge >= 0.3 is 11.7 Å². The average molecular weight is 282 g/mol. The zero-order valence-corrected chi connectivity index (χ0v) is 11.6. The molecule has 0 spiro atoms. The molecule has 1 aromatic rings. The molecule has 1 fully saturated rings. The van der Waals surface area contributed by atoms with Gasteiger partial charge in [0.25, 0.3) is 0 Å². The quantitative estimate of drug-likeness (QED) is 0.467. The molecule has 0 unspecified atom stereocenters. The molecule has 2 heterocycles. The van der Waals surface area contributed by atoms with Crippen LogP contribution in [0.25, 0.3) is 0 Å². The van der Waals surface area contributed by atoms with Crippen molar-refractivity contribution in [1.29, 1.82) is 0 Å². The SMILES string of the molecule is CCOC(=O)C1CCN(c2nn(C)cc2[N+](=O)[O-])CC1. The maximum Gasteiger partial charge on any atom is 0.330 e. The van der Waals surface area contributed by atoms with Gasteiger partial charge in [0.15, 0.2) is 0 Å². The van der Waals surface area contributed by atoms with E-state index in [4.69, 9.17) is 4.74 Å². The van der Waals surface area contributed by atoms with E-state index in [9.17, 15) is 14.9 Å². The average Bonchev–Trinajstić information content (AvgIpc) is 2.81. The second-order valence-corrected chi connectivity index (χ2v) is 4.78. The molecule has 0 N–H and O–H groups in total. The number of ether oxygens (including phenoxy) is 1. The van der Waals surface area contributed by atoms with E-state index >= 15 is 0 Å². The number of carbonyl (C=O) groups is 1. The van der Waals surface area contributed by atoms with Crippen LogP contribution < -0.4 is 4.90 Å². The van der Waals surface area contributed by atoms with Crippen molar-refractivity contribution < 1.29 is 14.5 Å². The molecule has 0 radical (unpaired) electrons. The van der Waals surface area contributed by atoms with Crippen molar-refractivity contribution in [2.75, 3.05) is 24.6 Å². The molecule has 0 amide bonds. The van der Waals surface area contributed by atoms with E-state index in [0.29, 0.717) is 38.4 Å². The third-order valence-electron chi connectivity index (χ3n) is 3.40. The van der Waals surface area contributed by atoms with Crippen LogP contribution in [0, 0.1) is 16.0 Å².